The summed E-state index contributed by atoms with van der Waals surface area (Å²) in [6, 6.07) is 20.6. The van der Waals surface area contributed by atoms with Gasteiger partial charge in [0, 0.05) is 71.5 Å². The van der Waals surface area contributed by atoms with Crippen LogP contribution < -0.4 is 10.4 Å². The molecule has 292 valence electrons. The molecular formula is C45H41N7O6. The van der Waals surface area contributed by atoms with E-state index in [1.165, 1.54) is 10.6 Å². The zero-order valence-electron chi connectivity index (χ0n) is 32.1. The Balaban J connectivity index is 0.779. The zero-order chi connectivity index (χ0) is 39.7. The molecular weight excluding hydrogens is 735 g/mol. The van der Waals surface area contributed by atoms with Crippen molar-refractivity contribution in [3.63, 3.8) is 0 Å². The largest absolute Gasteiger partial charge is 0.508 e. The Bertz CT molecular complexity index is 3020. The molecule has 0 unspecified atom stereocenters. The second kappa shape index (κ2) is 13.9. The molecule has 7 heterocycles. The number of aromatic hydroxyl groups is 2. The number of phenols is 2. The van der Waals surface area contributed by atoms with Crippen LogP contribution in [-0.2, 0) is 17.9 Å². The van der Waals surface area contributed by atoms with E-state index >= 15 is 0 Å². The molecule has 2 aliphatic rings. The van der Waals surface area contributed by atoms with Crippen LogP contribution >= 0.6 is 0 Å². The van der Waals surface area contributed by atoms with Crippen LogP contribution in [0.5, 0.6) is 17.2 Å². The van der Waals surface area contributed by atoms with Gasteiger partial charge in [0.05, 0.1) is 34.1 Å². The molecule has 0 spiro atoms. The Morgan fingerprint density at radius 3 is 2.66 bits per heavy atom. The van der Waals surface area contributed by atoms with E-state index in [2.05, 4.69) is 49.9 Å². The van der Waals surface area contributed by atoms with Crippen molar-refractivity contribution < 1.29 is 24.5 Å². The van der Waals surface area contributed by atoms with Gasteiger partial charge < -0.3 is 33.6 Å². The van der Waals surface area contributed by atoms with Gasteiger partial charge >= 0.3 is 11.8 Å². The van der Waals surface area contributed by atoms with Crippen molar-refractivity contribution in [2.75, 3.05) is 13.1 Å². The minimum atomic E-state index is -0.433. The Hall–Kier alpha value is -7.02. The van der Waals surface area contributed by atoms with Crippen molar-refractivity contribution in [1.82, 2.24) is 33.6 Å². The number of piperidine rings is 1. The maximum atomic E-state index is 13.3. The molecule has 1 amide bonds. The first-order chi connectivity index (χ1) is 28.2. The summed E-state index contributed by atoms with van der Waals surface area (Å²) in [5.74, 6) is 1.04. The molecule has 0 aliphatic carbocycles. The number of nitrogens with zero attached hydrogens (tertiary/aromatic N) is 6. The number of aromatic amines is 1. The number of ether oxygens (including phenoxy) is 2. The minimum absolute atomic E-state index is 0.00102. The second-order valence-electron chi connectivity index (χ2n) is 15.7. The maximum absolute atomic E-state index is 13.3. The molecule has 0 atom stereocenters. The molecule has 10 rings (SSSR count). The third-order valence-corrected chi connectivity index (χ3v) is 11.7. The lowest BCUT2D eigenvalue weighted by molar-refractivity contribution is 0.128. The third kappa shape index (κ3) is 6.19. The van der Waals surface area contributed by atoms with Crippen molar-refractivity contribution in [2.45, 2.75) is 52.2 Å². The molecule has 1 saturated heterocycles. The molecule has 0 radical (unpaired) electrons. The van der Waals surface area contributed by atoms with E-state index < -0.39 is 5.69 Å². The van der Waals surface area contributed by atoms with Crippen molar-refractivity contribution >= 4 is 50.4 Å². The summed E-state index contributed by atoms with van der Waals surface area (Å²) in [6.07, 6.45) is 12.3. The highest BCUT2D eigenvalue weighted by molar-refractivity contribution is 6.01. The van der Waals surface area contributed by atoms with E-state index in [1.807, 2.05) is 62.4 Å². The van der Waals surface area contributed by atoms with Crippen LogP contribution in [0.2, 0.25) is 0 Å². The fraction of sp³-hybridized carbons (Fsp3) is 0.244. The number of phenolic OH excluding ortho intramolecular Hbond substituents is 2. The predicted octanol–water partition coefficient (Wildman–Crippen LogP) is 8.47. The molecule has 0 saturated carbocycles. The van der Waals surface area contributed by atoms with E-state index in [-0.39, 0.29) is 29.3 Å². The number of nitrogens with one attached hydrogen (secondary N) is 1. The topological polar surface area (TPSA) is 152 Å². The Morgan fingerprint density at radius 1 is 0.948 bits per heavy atom. The summed E-state index contributed by atoms with van der Waals surface area (Å²) < 4.78 is 17.1. The molecule has 8 aromatic rings. The highest BCUT2D eigenvalue weighted by atomic mass is 16.6. The summed E-state index contributed by atoms with van der Waals surface area (Å²) in [7, 11) is 0. The molecule has 2 aliphatic heterocycles. The van der Waals surface area contributed by atoms with E-state index in [0.29, 0.717) is 48.2 Å². The highest BCUT2D eigenvalue weighted by Gasteiger charge is 2.25. The molecule has 13 heteroatoms. The summed E-state index contributed by atoms with van der Waals surface area (Å²) in [5.41, 5.74) is 7.27. The van der Waals surface area contributed by atoms with Crippen LogP contribution in [0.25, 0.3) is 61.4 Å². The number of aromatic nitrogens is 6. The number of fused-ring (bicyclic) bond motifs is 6. The molecule has 3 aromatic carbocycles. The first-order valence-corrected chi connectivity index (χ1v) is 19.6. The Morgan fingerprint density at radius 2 is 1.81 bits per heavy atom. The summed E-state index contributed by atoms with van der Waals surface area (Å²) in [6.45, 7) is 6.52. The van der Waals surface area contributed by atoms with Gasteiger partial charge in [-0.25, -0.2) is 24.2 Å². The number of aryl methyl sites for hydroxylation is 1. The van der Waals surface area contributed by atoms with E-state index in [1.54, 1.807) is 17.2 Å². The number of amides is 1. The van der Waals surface area contributed by atoms with Crippen molar-refractivity contribution in [2.24, 2.45) is 5.92 Å². The SMILES string of the molecule is CC(C)c1cc(-c2n[nH]c(=O)n2-c2ccc3c(ccn3CCC3CCN(C(=O)Oc4ccc5nc6c(cc5c4)cn4cc5c(cc64)C=COC5)CC3)c2)c(O)cc1O. The molecule has 3 N–H and O–H groups in total. The van der Waals surface area contributed by atoms with Gasteiger partial charge in [0.15, 0.2) is 5.82 Å². The van der Waals surface area contributed by atoms with Gasteiger partial charge in [-0.3, -0.25) is 0 Å². The number of benzene rings is 3. The summed E-state index contributed by atoms with van der Waals surface area (Å²) in [5, 5.41) is 30.7. The summed E-state index contributed by atoms with van der Waals surface area (Å²) in [4.78, 5) is 33.0. The van der Waals surface area contributed by atoms with E-state index in [0.717, 1.165) is 75.2 Å². The minimum Gasteiger partial charge on any atom is -0.508 e. The maximum Gasteiger partial charge on any atom is 0.415 e. The van der Waals surface area contributed by atoms with Crippen molar-refractivity contribution in [3.8, 4) is 34.3 Å². The van der Waals surface area contributed by atoms with Gasteiger partial charge in [0.1, 0.15) is 23.9 Å². The first-order valence-electron chi connectivity index (χ1n) is 19.6. The quantitative estimate of drug-likeness (QED) is 0.146. The Kier molecular flexibility index (Phi) is 8.46. The van der Waals surface area contributed by atoms with Crippen LogP contribution in [-0.4, -0.2) is 63.0 Å². The van der Waals surface area contributed by atoms with Gasteiger partial charge in [0.25, 0.3) is 0 Å². The zero-order valence-corrected chi connectivity index (χ0v) is 32.1. The van der Waals surface area contributed by atoms with Gasteiger partial charge in [0.2, 0.25) is 0 Å². The predicted molar refractivity (Wildman–Crippen MR) is 222 cm³/mol. The lowest BCUT2D eigenvalue weighted by Gasteiger charge is -2.31. The number of likely N-dealkylation sites (tertiary alicyclic amines) is 1. The number of hydrogen-bond donors (Lipinski definition) is 3. The number of pyridine rings is 2. The number of hydrogen-bond acceptors (Lipinski definition) is 8. The molecule has 5 aromatic heterocycles. The van der Waals surface area contributed by atoms with Gasteiger partial charge in [-0.05, 0) is 109 Å². The fourth-order valence-corrected chi connectivity index (χ4v) is 8.51. The van der Waals surface area contributed by atoms with Crippen LogP contribution in [0.4, 0.5) is 4.79 Å². The van der Waals surface area contributed by atoms with Gasteiger partial charge in [-0.15, -0.1) is 0 Å². The fourth-order valence-electron chi connectivity index (χ4n) is 8.51. The number of H-pyrrole nitrogens is 1. The lowest BCUT2D eigenvalue weighted by Crippen LogP contribution is -2.40. The van der Waals surface area contributed by atoms with Crippen LogP contribution in [0, 0.1) is 5.92 Å². The number of carbonyl (C=O) groups excluding carboxylic acids is 1. The third-order valence-electron chi connectivity index (χ3n) is 11.7. The number of carbonyl (C=O) groups is 1. The van der Waals surface area contributed by atoms with E-state index in [4.69, 9.17) is 14.5 Å². The molecule has 1 fully saturated rings. The van der Waals surface area contributed by atoms with Crippen molar-refractivity contribution in [1.29, 1.82) is 0 Å². The highest BCUT2D eigenvalue weighted by Crippen LogP contribution is 2.38. The van der Waals surface area contributed by atoms with E-state index in [9.17, 15) is 19.8 Å². The first kappa shape index (κ1) is 35.4. The monoisotopic (exact) mass is 775 g/mol. The standard InChI is InChI=1S/C45H41N7O6/c1-26(2)35-21-36(41(54)22-40(35)53)43-47-48-44(55)52(43)33-3-6-38-29(18-33)10-15-49(38)12-7-27-8-13-50(14-9-27)45(56)58-34-4-5-37-30(19-34)17-31-23-51-24-32-25-57-16-11-28(32)20-39(51)42(31)46-37/h3-6,10-11,15-24,26-27,53-54H,7-9,12-14,25H2,1-2H3,(H,48,55). The van der Waals surface area contributed by atoms with Crippen molar-refractivity contribution in [3.05, 3.63) is 119 Å². The van der Waals surface area contributed by atoms with Gasteiger partial charge in [-0.1, -0.05) is 13.8 Å². The Labute approximate surface area is 332 Å². The normalized spacial score (nSPS) is 14.6. The molecule has 0 bridgehead atoms. The second-order valence-corrected chi connectivity index (χ2v) is 15.7. The average Bonchev–Trinajstić information content (AvgIpc) is 3.92. The van der Waals surface area contributed by atoms with Crippen LogP contribution in [0.15, 0.2) is 96.4 Å². The van der Waals surface area contributed by atoms with Crippen LogP contribution in [0.1, 0.15) is 55.7 Å². The summed E-state index contributed by atoms with van der Waals surface area (Å²) >= 11 is 0. The average molecular weight is 776 g/mol. The molecule has 58 heavy (non-hydrogen) atoms. The lowest BCUT2D eigenvalue weighted by atomic mass is 9.94. The smallest absolute Gasteiger partial charge is 0.415 e. The molecule has 13 nitrogen and oxygen atoms in total. The van der Waals surface area contributed by atoms with Crippen LogP contribution in [0.3, 0.4) is 0 Å². The van der Waals surface area contributed by atoms with Gasteiger partial charge in [-0.2, -0.15) is 5.10 Å². The number of rotatable bonds is 7.